The summed E-state index contributed by atoms with van der Waals surface area (Å²) in [5.41, 5.74) is 4.70. The summed E-state index contributed by atoms with van der Waals surface area (Å²) in [5.74, 6) is 0.591. The Morgan fingerprint density at radius 3 is 2.50 bits per heavy atom. The summed E-state index contributed by atoms with van der Waals surface area (Å²) in [6.45, 7) is 0.419. The topological polar surface area (TPSA) is 62.1 Å². The summed E-state index contributed by atoms with van der Waals surface area (Å²) in [6.07, 6.45) is 1.85. The number of benzene rings is 3. The smallest absolute Gasteiger partial charge is 0.256 e. The normalized spacial score (nSPS) is 13.7. The van der Waals surface area contributed by atoms with Crippen LogP contribution in [0.2, 0.25) is 5.02 Å². The van der Waals surface area contributed by atoms with Crippen LogP contribution < -0.4 is 10.1 Å². The van der Waals surface area contributed by atoms with Gasteiger partial charge in [0.1, 0.15) is 12.4 Å². The van der Waals surface area contributed by atoms with Crippen molar-refractivity contribution in [1.82, 2.24) is 0 Å². The molecule has 4 nitrogen and oxygen atoms in total. The largest absolute Gasteiger partial charge is 0.489 e. The molecule has 0 bridgehead atoms. The van der Waals surface area contributed by atoms with E-state index in [4.69, 9.17) is 21.6 Å². The van der Waals surface area contributed by atoms with Gasteiger partial charge in [-0.15, -0.1) is 0 Å². The van der Waals surface area contributed by atoms with Crippen LogP contribution in [0.3, 0.4) is 0 Å². The van der Waals surface area contributed by atoms with Crippen LogP contribution in [0.5, 0.6) is 5.75 Å². The van der Waals surface area contributed by atoms with E-state index in [0.717, 1.165) is 28.1 Å². The van der Waals surface area contributed by atoms with Crippen molar-refractivity contribution in [2.75, 3.05) is 5.32 Å². The van der Waals surface area contributed by atoms with E-state index in [0.29, 0.717) is 22.8 Å². The summed E-state index contributed by atoms with van der Waals surface area (Å²) in [6, 6.07) is 22.3. The highest BCUT2D eigenvalue weighted by atomic mass is 35.5. The second kappa shape index (κ2) is 7.59. The van der Waals surface area contributed by atoms with Gasteiger partial charge in [-0.25, -0.2) is 0 Å². The second-order valence-electron chi connectivity index (χ2n) is 6.37. The minimum Gasteiger partial charge on any atom is -0.489 e. The molecule has 0 atom stereocenters. The Morgan fingerprint density at radius 2 is 1.79 bits per heavy atom. The number of nitriles is 1. The first-order valence-corrected chi connectivity index (χ1v) is 9.05. The molecule has 5 heteroatoms. The summed E-state index contributed by atoms with van der Waals surface area (Å²) in [5, 5.41) is 12.2. The summed E-state index contributed by atoms with van der Waals surface area (Å²) >= 11 is 5.99. The number of fused-ring (bicyclic) bond motifs is 1. The van der Waals surface area contributed by atoms with Crippen LogP contribution in [0.25, 0.3) is 11.6 Å². The fourth-order valence-electron chi connectivity index (χ4n) is 2.98. The third-order valence-electron chi connectivity index (χ3n) is 4.44. The molecule has 0 unspecified atom stereocenters. The van der Waals surface area contributed by atoms with Crippen molar-refractivity contribution < 1.29 is 9.53 Å². The number of carbonyl (C=O) groups excluding carboxylic acids is 1. The van der Waals surface area contributed by atoms with Crippen LogP contribution in [0.1, 0.15) is 22.3 Å². The number of ether oxygens (including phenoxy) is 1. The van der Waals surface area contributed by atoms with E-state index in [-0.39, 0.29) is 5.91 Å². The zero-order valence-electron chi connectivity index (χ0n) is 14.8. The van der Waals surface area contributed by atoms with Gasteiger partial charge >= 0.3 is 0 Å². The molecule has 0 aromatic heterocycles. The first kappa shape index (κ1) is 17.8. The van der Waals surface area contributed by atoms with Gasteiger partial charge in [0.05, 0.1) is 17.3 Å². The molecule has 1 amide bonds. The predicted octanol–water partition coefficient (Wildman–Crippen LogP) is 5.28. The minimum absolute atomic E-state index is 0.140. The summed E-state index contributed by atoms with van der Waals surface area (Å²) < 4.78 is 5.78. The van der Waals surface area contributed by atoms with E-state index in [1.165, 1.54) is 0 Å². The predicted molar refractivity (Wildman–Crippen MR) is 110 cm³/mol. The standard InChI is InChI=1S/C23H15ClN2O2/c24-18-7-10-20-21(23(27)26-22(20)12-18)11-15-5-8-19(9-6-15)28-14-17-3-1-16(13-25)2-4-17/h1-12H,14H2,(H,26,27)/b21-11+. The Kier molecular flexibility index (Phi) is 4.84. The number of amides is 1. The first-order chi connectivity index (χ1) is 13.6. The molecule has 1 N–H and O–H groups in total. The number of nitrogens with one attached hydrogen (secondary N) is 1. The zero-order valence-corrected chi connectivity index (χ0v) is 15.5. The molecule has 4 rings (SSSR count). The molecule has 0 aliphatic carbocycles. The lowest BCUT2D eigenvalue weighted by atomic mass is 10.0. The molecular formula is C23H15ClN2O2. The lowest BCUT2D eigenvalue weighted by Gasteiger charge is -2.07. The van der Waals surface area contributed by atoms with Gasteiger partial charge in [0.15, 0.2) is 0 Å². The summed E-state index contributed by atoms with van der Waals surface area (Å²) in [7, 11) is 0. The lowest BCUT2D eigenvalue weighted by Crippen LogP contribution is -2.03. The van der Waals surface area contributed by atoms with E-state index in [9.17, 15) is 4.79 Å². The maximum atomic E-state index is 12.3. The zero-order chi connectivity index (χ0) is 19.5. The first-order valence-electron chi connectivity index (χ1n) is 8.67. The van der Waals surface area contributed by atoms with Crippen molar-refractivity contribution >= 4 is 34.8 Å². The van der Waals surface area contributed by atoms with Gasteiger partial charge in [0, 0.05) is 16.2 Å². The van der Waals surface area contributed by atoms with Crippen LogP contribution in [0, 0.1) is 11.3 Å². The Hall–Kier alpha value is -3.55. The third-order valence-corrected chi connectivity index (χ3v) is 4.68. The lowest BCUT2D eigenvalue weighted by molar-refractivity contribution is -0.110. The Labute approximate surface area is 167 Å². The van der Waals surface area contributed by atoms with Gasteiger partial charge in [-0.1, -0.05) is 41.9 Å². The molecule has 1 aliphatic heterocycles. The molecule has 0 saturated carbocycles. The highest BCUT2D eigenvalue weighted by molar-refractivity contribution is 6.36. The van der Waals surface area contributed by atoms with Gasteiger partial charge in [-0.2, -0.15) is 5.26 Å². The van der Waals surface area contributed by atoms with Gasteiger partial charge < -0.3 is 10.1 Å². The Morgan fingerprint density at radius 1 is 1.04 bits per heavy atom. The van der Waals surface area contributed by atoms with Crippen LogP contribution in [0.15, 0.2) is 66.7 Å². The Bertz CT molecular complexity index is 1110. The average molecular weight is 387 g/mol. The molecule has 0 radical (unpaired) electrons. The number of anilines is 1. The van der Waals surface area contributed by atoms with Gasteiger partial charge in [-0.3, -0.25) is 4.79 Å². The van der Waals surface area contributed by atoms with Gasteiger partial charge in [-0.05, 0) is 53.6 Å². The number of carbonyl (C=O) groups is 1. The van der Waals surface area contributed by atoms with Gasteiger partial charge in [0.25, 0.3) is 5.91 Å². The van der Waals surface area contributed by atoms with Crippen molar-refractivity contribution in [3.63, 3.8) is 0 Å². The minimum atomic E-state index is -0.140. The SMILES string of the molecule is N#Cc1ccc(COc2ccc(/C=C3/C(=O)Nc4cc(Cl)ccc43)cc2)cc1. The highest BCUT2D eigenvalue weighted by Gasteiger charge is 2.23. The van der Waals surface area contributed by atoms with Crippen molar-refractivity contribution in [2.45, 2.75) is 6.61 Å². The molecule has 3 aromatic carbocycles. The van der Waals surface area contributed by atoms with E-state index >= 15 is 0 Å². The molecule has 0 fully saturated rings. The number of nitrogens with zero attached hydrogens (tertiary/aromatic N) is 1. The monoisotopic (exact) mass is 386 g/mol. The van der Waals surface area contributed by atoms with Gasteiger partial charge in [0.2, 0.25) is 0 Å². The molecule has 3 aromatic rings. The fourth-order valence-corrected chi connectivity index (χ4v) is 3.15. The van der Waals surface area contributed by atoms with E-state index in [2.05, 4.69) is 11.4 Å². The number of hydrogen-bond acceptors (Lipinski definition) is 3. The van der Waals surface area contributed by atoms with Crippen molar-refractivity contribution in [3.8, 4) is 11.8 Å². The van der Waals surface area contributed by atoms with Crippen LogP contribution in [-0.4, -0.2) is 5.91 Å². The van der Waals surface area contributed by atoms with E-state index < -0.39 is 0 Å². The second-order valence-corrected chi connectivity index (χ2v) is 6.80. The molecule has 136 valence electrons. The van der Waals surface area contributed by atoms with E-state index in [1.54, 1.807) is 24.3 Å². The van der Waals surface area contributed by atoms with Crippen LogP contribution in [-0.2, 0) is 11.4 Å². The van der Waals surface area contributed by atoms with Crippen LogP contribution in [0.4, 0.5) is 5.69 Å². The molecule has 0 saturated heterocycles. The Balaban J connectivity index is 1.47. The molecular weight excluding hydrogens is 372 g/mol. The maximum absolute atomic E-state index is 12.3. The fraction of sp³-hybridized carbons (Fsp3) is 0.0435. The molecule has 28 heavy (non-hydrogen) atoms. The maximum Gasteiger partial charge on any atom is 0.256 e. The van der Waals surface area contributed by atoms with Crippen LogP contribution >= 0.6 is 11.6 Å². The van der Waals surface area contributed by atoms with Crippen molar-refractivity contribution in [3.05, 3.63) is 94.0 Å². The van der Waals surface area contributed by atoms with Crippen molar-refractivity contribution in [1.29, 1.82) is 5.26 Å². The molecule has 1 aliphatic rings. The number of hydrogen-bond donors (Lipinski definition) is 1. The highest BCUT2D eigenvalue weighted by Crippen LogP contribution is 2.35. The summed E-state index contributed by atoms with van der Waals surface area (Å²) in [4.78, 5) is 12.3. The third kappa shape index (κ3) is 3.75. The van der Waals surface area contributed by atoms with E-state index in [1.807, 2.05) is 48.5 Å². The molecule has 0 spiro atoms. The average Bonchev–Trinajstić information content (AvgIpc) is 3.02. The quantitative estimate of drug-likeness (QED) is 0.620. The number of halogens is 1. The number of rotatable bonds is 4. The molecule has 1 heterocycles. The van der Waals surface area contributed by atoms with Crippen molar-refractivity contribution in [2.24, 2.45) is 0 Å².